The average Bonchev–Trinajstić information content (AvgIpc) is 2.47. The number of nitrogens with zero attached hydrogens (tertiary/aromatic N) is 5. The smallest absolute Gasteiger partial charge is 0.243 e. The number of ether oxygens (including phenoxy) is 1. The van der Waals surface area contributed by atoms with Crippen LogP contribution in [0.5, 0.6) is 0 Å². The van der Waals surface area contributed by atoms with Crippen molar-refractivity contribution in [1.29, 1.82) is 0 Å². The zero-order chi connectivity index (χ0) is 14.5. The quantitative estimate of drug-likeness (QED) is 0.585. The van der Waals surface area contributed by atoms with Gasteiger partial charge in [0.2, 0.25) is 17.8 Å². The van der Waals surface area contributed by atoms with Crippen molar-refractivity contribution in [2.75, 3.05) is 49.0 Å². The molecule has 112 valence electrons. The molecule has 1 unspecified atom stereocenters. The van der Waals surface area contributed by atoms with E-state index in [1.165, 1.54) is 0 Å². The topological polar surface area (TPSA) is 92.4 Å². The molecule has 3 N–H and O–H groups in total. The summed E-state index contributed by atoms with van der Waals surface area (Å²) in [6, 6.07) is 0. The molecule has 8 heteroatoms. The van der Waals surface area contributed by atoms with Crippen molar-refractivity contribution in [3.63, 3.8) is 0 Å². The Morgan fingerprint density at radius 3 is 2.85 bits per heavy atom. The molecule has 1 fully saturated rings. The maximum absolute atomic E-state index is 5.71. The number of piperidine rings is 1. The Hall–Kier alpha value is -1.67. The van der Waals surface area contributed by atoms with Crippen molar-refractivity contribution in [1.82, 2.24) is 15.0 Å². The number of nitrogens with one attached hydrogen (secondary N) is 1. The lowest BCUT2D eigenvalue weighted by atomic mass is 10.1. The lowest BCUT2D eigenvalue weighted by Gasteiger charge is -2.32. The van der Waals surface area contributed by atoms with Crippen LogP contribution in [0.25, 0.3) is 0 Å². The van der Waals surface area contributed by atoms with Crippen molar-refractivity contribution in [2.45, 2.75) is 25.9 Å². The summed E-state index contributed by atoms with van der Waals surface area (Å²) in [4.78, 5) is 17.0. The highest BCUT2D eigenvalue weighted by Crippen LogP contribution is 2.20. The SMILES string of the molecule is CCOC1CCCN(c2nc(NN)nc(N(C)C)n2)C1. The zero-order valence-corrected chi connectivity index (χ0v) is 12.3. The van der Waals surface area contributed by atoms with E-state index in [1.807, 2.05) is 25.9 Å². The average molecular weight is 281 g/mol. The Bertz CT molecular complexity index is 438. The zero-order valence-electron chi connectivity index (χ0n) is 12.3. The molecule has 1 aliphatic heterocycles. The van der Waals surface area contributed by atoms with Gasteiger partial charge in [-0.1, -0.05) is 0 Å². The molecule has 8 nitrogen and oxygen atoms in total. The third-order valence-corrected chi connectivity index (χ3v) is 3.20. The van der Waals surface area contributed by atoms with Gasteiger partial charge >= 0.3 is 0 Å². The molecular weight excluding hydrogens is 258 g/mol. The number of nitrogens with two attached hydrogens (primary N) is 1. The summed E-state index contributed by atoms with van der Waals surface area (Å²) in [6.07, 6.45) is 2.39. The highest BCUT2D eigenvalue weighted by atomic mass is 16.5. The third kappa shape index (κ3) is 3.45. The molecule has 1 aromatic rings. The van der Waals surface area contributed by atoms with Crippen molar-refractivity contribution in [3.8, 4) is 0 Å². The normalized spacial score (nSPS) is 19.0. The van der Waals surface area contributed by atoms with Crippen LogP contribution in [0.1, 0.15) is 19.8 Å². The van der Waals surface area contributed by atoms with Crippen molar-refractivity contribution < 1.29 is 4.74 Å². The third-order valence-electron chi connectivity index (χ3n) is 3.20. The van der Waals surface area contributed by atoms with Gasteiger partial charge in [0, 0.05) is 33.8 Å². The first-order valence-electron chi connectivity index (χ1n) is 6.90. The summed E-state index contributed by atoms with van der Waals surface area (Å²) in [5, 5.41) is 0. The second-order valence-electron chi connectivity index (χ2n) is 4.96. The summed E-state index contributed by atoms with van der Waals surface area (Å²) in [7, 11) is 3.78. The van der Waals surface area contributed by atoms with Crippen LogP contribution < -0.4 is 21.1 Å². The molecule has 0 spiro atoms. The van der Waals surface area contributed by atoms with Gasteiger partial charge in [0.25, 0.3) is 0 Å². The van der Waals surface area contributed by atoms with Crippen LogP contribution in [0.15, 0.2) is 0 Å². The number of anilines is 3. The molecule has 1 aliphatic rings. The molecule has 1 saturated heterocycles. The van der Waals surface area contributed by atoms with Crippen molar-refractivity contribution in [2.24, 2.45) is 5.84 Å². The fourth-order valence-corrected chi connectivity index (χ4v) is 2.25. The van der Waals surface area contributed by atoms with Gasteiger partial charge in [-0.05, 0) is 19.8 Å². The first-order chi connectivity index (χ1) is 9.63. The molecule has 0 bridgehead atoms. The number of rotatable bonds is 5. The largest absolute Gasteiger partial charge is 0.377 e. The van der Waals surface area contributed by atoms with Crippen LogP contribution in [0.2, 0.25) is 0 Å². The molecule has 1 atom stereocenters. The molecule has 0 amide bonds. The Labute approximate surface area is 119 Å². The molecule has 1 aromatic heterocycles. The first-order valence-corrected chi connectivity index (χ1v) is 6.90. The van der Waals surface area contributed by atoms with E-state index in [0.29, 0.717) is 17.8 Å². The van der Waals surface area contributed by atoms with E-state index in [2.05, 4.69) is 25.3 Å². The molecule has 0 aromatic carbocycles. The molecule has 2 rings (SSSR count). The second kappa shape index (κ2) is 6.67. The number of aromatic nitrogens is 3. The van der Waals surface area contributed by atoms with Gasteiger partial charge < -0.3 is 14.5 Å². The Balaban J connectivity index is 2.20. The fraction of sp³-hybridized carbons (Fsp3) is 0.750. The van der Waals surface area contributed by atoms with Gasteiger partial charge in [0.1, 0.15) is 0 Å². The number of hydrazine groups is 1. The standard InChI is InChI=1S/C12H23N7O/c1-4-20-9-6-5-7-19(8-9)12-15-10(17-13)14-11(16-12)18(2)3/h9H,4-8,13H2,1-3H3,(H,14,15,16,17). The lowest BCUT2D eigenvalue weighted by molar-refractivity contribution is 0.0523. The van der Waals surface area contributed by atoms with Crippen LogP contribution in [0.4, 0.5) is 17.8 Å². The molecule has 2 heterocycles. The van der Waals surface area contributed by atoms with E-state index >= 15 is 0 Å². The van der Waals surface area contributed by atoms with E-state index in [4.69, 9.17) is 10.6 Å². The van der Waals surface area contributed by atoms with Gasteiger partial charge in [-0.2, -0.15) is 15.0 Å². The molecular formula is C12H23N7O. The van der Waals surface area contributed by atoms with Gasteiger partial charge in [0.15, 0.2) is 0 Å². The minimum Gasteiger partial charge on any atom is -0.377 e. The highest BCUT2D eigenvalue weighted by molar-refractivity contribution is 5.44. The van der Waals surface area contributed by atoms with E-state index in [1.54, 1.807) is 0 Å². The lowest BCUT2D eigenvalue weighted by Crippen LogP contribution is -2.41. The van der Waals surface area contributed by atoms with Crippen molar-refractivity contribution >= 4 is 17.8 Å². The van der Waals surface area contributed by atoms with Gasteiger partial charge in [-0.15, -0.1) is 0 Å². The van der Waals surface area contributed by atoms with Crippen LogP contribution in [0.3, 0.4) is 0 Å². The summed E-state index contributed by atoms with van der Waals surface area (Å²) in [5.74, 6) is 7.02. The summed E-state index contributed by atoms with van der Waals surface area (Å²) in [5.41, 5.74) is 2.49. The van der Waals surface area contributed by atoms with E-state index in [0.717, 1.165) is 32.5 Å². The predicted octanol–water partition coefficient (Wildman–Crippen LogP) is 0.229. The van der Waals surface area contributed by atoms with E-state index in [9.17, 15) is 0 Å². The Kier molecular flexibility index (Phi) is 4.91. The molecule has 0 aliphatic carbocycles. The van der Waals surface area contributed by atoms with E-state index in [-0.39, 0.29) is 6.10 Å². The number of nitrogen functional groups attached to an aromatic ring is 1. The number of hydrogen-bond donors (Lipinski definition) is 2. The second-order valence-corrected chi connectivity index (χ2v) is 4.96. The van der Waals surface area contributed by atoms with Gasteiger partial charge in [0.05, 0.1) is 6.10 Å². The molecule has 20 heavy (non-hydrogen) atoms. The van der Waals surface area contributed by atoms with Crippen LogP contribution in [0, 0.1) is 0 Å². The maximum Gasteiger partial charge on any atom is 0.243 e. The van der Waals surface area contributed by atoms with Crippen LogP contribution in [-0.4, -0.2) is 54.8 Å². The monoisotopic (exact) mass is 281 g/mol. The predicted molar refractivity (Wildman–Crippen MR) is 78.8 cm³/mol. The Morgan fingerprint density at radius 1 is 1.40 bits per heavy atom. The van der Waals surface area contributed by atoms with Crippen LogP contribution >= 0.6 is 0 Å². The van der Waals surface area contributed by atoms with Gasteiger partial charge in [-0.25, -0.2) is 5.84 Å². The fourth-order valence-electron chi connectivity index (χ4n) is 2.25. The number of hydrogen-bond acceptors (Lipinski definition) is 8. The minimum atomic E-state index is 0.239. The van der Waals surface area contributed by atoms with Crippen LogP contribution in [-0.2, 0) is 4.74 Å². The molecule has 0 saturated carbocycles. The Morgan fingerprint density at radius 2 is 2.20 bits per heavy atom. The van der Waals surface area contributed by atoms with E-state index < -0.39 is 0 Å². The van der Waals surface area contributed by atoms with Gasteiger partial charge in [-0.3, -0.25) is 5.43 Å². The summed E-state index contributed by atoms with van der Waals surface area (Å²) >= 11 is 0. The molecule has 0 radical (unpaired) electrons. The van der Waals surface area contributed by atoms with Crippen molar-refractivity contribution in [3.05, 3.63) is 0 Å². The summed E-state index contributed by atoms with van der Waals surface area (Å²) < 4.78 is 5.71. The summed E-state index contributed by atoms with van der Waals surface area (Å²) in [6.45, 7) is 4.47. The highest BCUT2D eigenvalue weighted by Gasteiger charge is 2.23. The minimum absolute atomic E-state index is 0.239. The first kappa shape index (κ1) is 14.7. The maximum atomic E-state index is 5.71.